The third-order valence-corrected chi connectivity index (χ3v) is 2.30. The summed E-state index contributed by atoms with van der Waals surface area (Å²) in [5.74, 6) is 0.560. The molecule has 0 radical (unpaired) electrons. The van der Waals surface area contributed by atoms with Gasteiger partial charge in [-0.2, -0.15) is 0 Å². The highest BCUT2D eigenvalue weighted by atomic mass is 16.2. The molecule has 0 unspecified atom stereocenters. The van der Waals surface area contributed by atoms with Crippen LogP contribution in [0.3, 0.4) is 0 Å². The molecule has 1 saturated heterocycles. The fourth-order valence-electron chi connectivity index (χ4n) is 1.65. The number of carbonyl (C=O) groups excluding carboxylic acids is 1. The Bertz CT molecular complexity index is 371. The molecule has 0 atom stereocenters. The van der Waals surface area contributed by atoms with Gasteiger partial charge in [0.25, 0.3) is 0 Å². The second-order valence-corrected chi connectivity index (χ2v) is 3.67. The van der Waals surface area contributed by atoms with E-state index in [9.17, 15) is 4.79 Å². The zero-order valence-electron chi connectivity index (χ0n) is 8.95. The highest BCUT2D eigenvalue weighted by Crippen LogP contribution is 2.10. The summed E-state index contributed by atoms with van der Waals surface area (Å²) in [5, 5.41) is 3.02. The van der Waals surface area contributed by atoms with Crippen molar-refractivity contribution in [1.82, 2.24) is 15.3 Å². The number of carbonyl (C=O) groups is 1. The minimum atomic E-state index is 0.0336. The Labute approximate surface area is 88.5 Å². The predicted molar refractivity (Wildman–Crippen MR) is 56.7 cm³/mol. The molecule has 0 saturated carbocycles. The van der Waals surface area contributed by atoms with E-state index in [-0.39, 0.29) is 5.91 Å². The van der Waals surface area contributed by atoms with E-state index in [2.05, 4.69) is 15.3 Å². The van der Waals surface area contributed by atoms with E-state index in [0.29, 0.717) is 19.0 Å². The van der Waals surface area contributed by atoms with Gasteiger partial charge in [-0.05, 0) is 19.9 Å². The van der Waals surface area contributed by atoms with Gasteiger partial charge in [-0.25, -0.2) is 9.97 Å². The molecule has 1 aromatic heterocycles. The van der Waals surface area contributed by atoms with Crippen LogP contribution in [-0.2, 0) is 4.79 Å². The van der Waals surface area contributed by atoms with Crippen LogP contribution in [0.15, 0.2) is 6.07 Å². The summed E-state index contributed by atoms with van der Waals surface area (Å²) in [4.78, 5) is 21.8. The number of piperazine rings is 1. The monoisotopic (exact) mass is 206 g/mol. The molecule has 0 bridgehead atoms. The molecule has 5 nitrogen and oxygen atoms in total. The summed E-state index contributed by atoms with van der Waals surface area (Å²) in [6.07, 6.45) is 0. The Morgan fingerprint density at radius 3 is 2.60 bits per heavy atom. The van der Waals surface area contributed by atoms with Gasteiger partial charge in [0.1, 0.15) is 0 Å². The summed E-state index contributed by atoms with van der Waals surface area (Å²) in [6, 6.07) is 1.90. The van der Waals surface area contributed by atoms with Crippen LogP contribution in [0.4, 0.5) is 5.95 Å². The molecule has 2 rings (SSSR count). The van der Waals surface area contributed by atoms with Crippen molar-refractivity contribution >= 4 is 11.9 Å². The first-order chi connectivity index (χ1) is 7.16. The highest BCUT2D eigenvalue weighted by molar-refractivity contribution is 5.93. The van der Waals surface area contributed by atoms with Gasteiger partial charge in [-0.15, -0.1) is 0 Å². The molecule has 0 spiro atoms. The van der Waals surface area contributed by atoms with Crippen LogP contribution in [0.25, 0.3) is 0 Å². The third kappa shape index (κ3) is 2.12. The summed E-state index contributed by atoms with van der Waals surface area (Å²) < 4.78 is 0. The van der Waals surface area contributed by atoms with Crippen molar-refractivity contribution < 1.29 is 4.79 Å². The molecule has 1 aliphatic rings. The van der Waals surface area contributed by atoms with Crippen molar-refractivity contribution in [2.75, 3.05) is 24.5 Å². The van der Waals surface area contributed by atoms with Crippen LogP contribution in [0.5, 0.6) is 0 Å². The van der Waals surface area contributed by atoms with Crippen molar-refractivity contribution in [2.24, 2.45) is 0 Å². The minimum absolute atomic E-state index is 0.0336. The zero-order chi connectivity index (χ0) is 10.8. The minimum Gasteiger partial charge on any atom is -0.307 e. The van der Waals surface area contributed by atoms with Crippen molar-refractivity contribution in [2.45, 2.75) is 13.8 Å². The maximum atomic E-state index is 11.6. The lowest BCUT2D eigenvalue weighted by Gasteiger charge is -2.25. The molecule has 2 heterocycles. The predicted octanol–water partition coefficient (Wildman–Crippen LogP) is 0.0296. The van der Waals surface area contributed by atoms with E-state index in [1.54, 1.807) is 4.90 Å². The Morgan fingerprint density at radius 1 is 1.33 bits per heavy atom. The molecule has 15 heavy (non-hydrogen) atoms. The van der Waals surface area contributed by atoms with E-state index in [1.807, 2.05) is 19.9 Å². The van der Waals surface area contributed by atoms with Crippen LogP contribution < -0.4 is 10.2 Å². The summed E-state index contributed by atoms with van der Waals surface area (Å²) >= 11 is 0. The van der Waals surface area contributed by atoms with Crippen LogP contribution >= 0.6 is 0 Å². The number of nitrogens with one attached hydrogen (secondary N) is 1. The molecule has 80 valence electrons. The lowest BCUT2D eigenvalue weighted by molar-refractivity contribution is -0.118. The Balaban J connectivity index is 2.31. The lowest BCUT2D eigenvalue weighted by atomic mass is 10.3. The van der Waals surface area contributed by atoms with Gasteiger partial charge in [-0.1, -0.05) is 0 Å². The van der Waals surface area contributed by atoms with Gasteiger partial charge in [0, 0.05) is 24.5 Å². The van der Waals surface area contributed by atoms with Gasteiger partial charge in [0.2, 0.25) is 11.9 Å². The maximum absolute atomic E-state index is 11.6. The summed E-state index contributed by atoms with van der Waals surface area (Å²) in [6.45, 7) is 5.62. The third-order valence-electron chi connectivity index (χ3n) is 2.30. The molecule has 1 N–H and O–H groups in total. The first-order valence-corrected chi connectivity index (χ1v) is 5.00. The molecule has 0 aliphatic carbocycles. The standard InChI is InChI=1S/C10H14N4O/c1-7-5-8(2)13-10(12-7)14-4-3-11-6-9(14)15/h5,11H,3-4,6H2,1-2H3. The number of hydrogen-bond donors (Lipinski definition) is 1. The summed E-state index contributed by atoms with van der Waals surface area (Å²) in [7, 11) is 0. The molecule has 1 amide bonds. The maximum Gasteiger partial charge on any atom is 0.243 e. The SMILES string of the molecule is Cc1cc(C)nc(N2CCNCC2=O)n1. The van der Waals surface area contributed by atoms with Crippen LogP contribution in [-0.4, -0.2) is 35.5 Å². The Kier molecular flexibility index (Phi) is 2.64. The first kappa shape index (κ1) is 10.0. The molecule has 1 fully saturated rings. The second-order valence-electron chi connectivity index (χ2n) is 3.67. The van der Waals surface area contributed by atoms with Gasteiger partial charge < -0.3 is 5.32 Å². The van der Waals surface area contributed by atoms with Crippen LogP contribution in [0.2, 0.25) is 0 Å². The van der Waals surface area contributed by atoms with Crippen molar-refractivity contribution in [3.63, 3.8) is 0 Å². The Hall–Kier alpha value is -1.49. The topological polar surface area (TPSA) is 58.1 Å². The van der Waals surface area contributed by atoms with Gasteiger partial charge in [0.15, 0.2) is 0 Å². The zero-order valence-corrected chi connectivity index (χ0v) is 8.95. The van der Waals surface area contributed by atoms with Gasteiger partial charge >= 0.3 is 0 Å². The molecular weight excluding hydrogens is 192 g/mol. The van der Waals surface area contributed by atoms with Crippen LogP contribution in [0, 0.1) is 13.8 Å². The number of nitrogens with zero attached hydrogens (tertiary/aromatic N) is 3. The molecular formula is C10H14N4O. The average molecular weight is 206 g/mol. The van der Waals surface area contributed by atoms with Gasteiger partial charge in [0.05, 0.1) is 6.54 Å². The molecule has 1 aromatic rings. The number of rotatable bonds is 1. The first-order valence-electron chi connectivity index (χ1n) is 5.00. The van der Waals surface area contributed by atoms with E-state index in [1.165, 1.54) is 0 Å². The highest BCUT2D eigenvalue weighted by Gasteiger charge is 2.21. The quantitative estimate of drug-likeness (QED) is 0.704. The van der Waals surface area contributed by atoms with Crippen molar-refractivity contribution in [3.8, 4) is 0 Å². The number of aromatic nitrogens is 2. The van der Waals surface area contributed by atoms with E-state index < -0.39 is 0 Å². The van der Waals surface area contributed by atoms with Crippen LogP contribution in [0.1, 0.15) is 11.4 Å². The number of anilines is 1. The van der Waals surface area contributed by atoms with E-state index in [4.69, 9.17) is 0 Å². The van der Waals surface area contributed by atoms with E-state index >= 15 is 0 Å². The van der Waals surface area contributed by atoms with Gasteiger partial charge in [-0.3, -0.25) is 9.69 Å². The smallest absolute Gasteiger partial charge is 0.243 e. The second kappa shape index (κ2) is 3.94. The molecule has 1 aliphatic heterocycles. The number of hydrogen-bond acceptors (Lipinski definition) is 4. The van der Waals surface area contributed by atoms with E-state index in [0.717, 1.165) is 17.9 Å². The fourth-order valence-corrected chi connectivity index (χ4v) is 1.65. The number of amides is 1. The molecule has 5 heteroatoms. The fraction of sp³-hybridized carbons (Fsp3) is 0.500. The lowest BCUT2D eigenvalue weighted by Crippen LogP contribution is -2.48. The molecule has 0 aromatic carbocycles. The largest absolute Gasteiger partial charge is 0.307 e. The number of aryl methyl sites for hydroxylation is 2. The summed E-state index contributed by atoms with van der Waals surface area (Å²) in [5.41, 5.74) is 1.78. The Morgan fingerprint density at radius 2 is 2.00 bits per heavy atom. The van der Waals surface area contributed by atoms with Crippen molar-refractivity contribution in [3.05, 3.63) is 17.5 Å². The average Bonchev–Trinajstić information content (AvgIpc) is 2.16. The normalized spacial score (nSPS) is 16.9. The van der Waals surface area contributed by atoms with Crippen molar-refractivity contribution in [1.29, 1.82) is 0 Å².